The maximum absolute atomic E-state index is 12.9. The molecule has 0 saturated carbocycles. The number of carbonyl (C=O) groups excluding carboxylic acids is 1. The molecule has 11 nitrogen and oxygen atoms in total. The third kappa shape index (κ3) is 6.27. The molecule has 0 radical (unpaired) electrons. The lowest BCUT2D eigenvalue weighted by Gasteiger charge is -2.35. The Balaban J connectivity index is 1.25. The number of amides is 1. The highest BCUT2D eigenvalue weighted by atomic mass is 16.7. The summed E-state index contributed by atoms with van der Waals surface area (Å²) in [5.41, 5.74) is 1.61. The molecule has 0 spiro atoms. The quantitative estimate of drug-likeness (QED) is 0.644. The minimum atomic E-state index is -0.530. The molecular weight excluding hydrogens is 478 g/mol. The van der Waals surface area contributed by atoms with Crippen molar-refractivity contribution in [3.63, 3.8) is 0 Å². The number of ether oxygens (including phenoxy) is 4. The van der Waals surface area contributed by atoms with Crippen molar-refractivity contribution >= 4 is 22.9 Å². The summed E-state index contributed by atoms with van der Waals surface area (Å²) in [4.78, 5) is 36.8. The number of rotatable bonds is 5. The lowest BCUT2D eigenvalue weighted by Crippen LogP contribution is -2.45. The van der Waals surface area contributed by atoms with Crippen molar-refractivity contribution in [3.8, 4) is 0 Å². The van der Waals surface area contributed by atoms with E-state index in [1.54, 1.807) is 15.7 Å². The van der Waals surface area contributed by atoms with Crippen LogP contribution in [0.1, 0.15) is 58.9 Å². The van der Waals surface area contributed by atoms with Gasteiger partial charge in [-0.25, -0.2) is 14.6 Å². The molecule has 3 saturated heterocycles. The van der Waals surface area contributed by atoms with E-state index in [-0.39, 0.29) is 30.2 Å². The number of imidazole rings is 1. The number of likely N-dealkylation sites (tertiary alicyclic amines) is 1. The molecule has 5 rings (SSSR count). The highest BCUT2D eigenvalue weighted by molar-refractivity contribution is 5.75. The monoisotopic (exact) mass is 517 g/mol. The number of piperidine rings is 1. The van der Waals surface area contributed by atoms with Crippen LogP contribution in [0.2, 0.25) is 0 Å². The Hall–Kier alpha value is -2.63. The van der Waals surface area contributed by atoms with E-state index in [2.05, 4.69) is 14.9 Å². The van der Waals surface area contributed by atoms with Crippen LogP contribution in [0.4, 0.5) is 10.5 Å². The molecule has 37 heavy (non-hydrogen) atoms. The van der Waals surface area contributed by atoms with E-state index in [0.717, 1.165) is 43.6 Å². The molecule has 5 heterocycles. The van der Waals surface area contributed by atoms with Gasteiger partial charge in [-0.2, -0.15) is 0 Å². The van der Waals surface area contributed by atoms with Gasteiger partial charge in [-0.05, 0) is 58.9 Å². The Morgan fingerprint density at radius 2 is 1.95 bits per heavy atom. The molecule has 3 aliphatic heterocycles. The zero-order valence-corrected chi connectivity index (χ0v) is 22.1. The van der Waals surface area contributed by atoms with Crippen molar-refractivity contribution in [3.05, 3.63) is 22.7 Å². The number of pyridine rings is 1. The highest BCUT2D eigenvalue weighted by Crippen LogP contribution is 2.28. The number of carbonyl (C=O) groups is 1. The Morgan fingerprint density at radius 1 is 1.14 bits per heavy atom. The predicted octanol–water partition coefficient (Wildman–Crippen LogP) is 3.05. The van der Waals surface area contributed by atoms with Crippen LogP contribution < -0.4 is 10.6 Å². The van der Waals surface area contributed by atoms with Crippen molar-refractivity contribution in [2.75, 3.05) is 50.9 Å². The number of aromatic amines is 1. The van der Waals surface area contributed by atoms with Crippen LogP contribution >= 0.6 is 0 Å². The minimum absolute atomic E-state index is 0.0154. The molecule has 0 aliphatic carbocycles. The number of morpholine rings is 1. The molecule has 11 heteroatoms. The first kappa shape index (κ1) is 26.0. The third-order valence-corrected chi connectivity index (χ3v) is 7.15. The first-order valence-corrected chi connectivity index (χ1v) is 13.4. The van der Waals surface area contributed by atoms with Gasteiger partial charge < -0.3 is 28.7 Å². The summed E-state index contributed by atoms with van der Waals surface area (Å²) in [5.74, 6) is 0. The van der Waals surface area contributed by atoms with Crippen molar-refractivity contribution in [2.24, 2.45) is 0 Å². The largest absolute Gasteiger partial charge is 0.444 e. The minimum Gasteiger partial charge on any atom is -0.444 e. The van der Waals surface area contributed by atoms with Crippen LogP contribution in [-0.2, 0) is 18.9 Å². The van der Waals surface area contributed by atoms with E-state index >= 15 is 0 Å². The van der Waals surface area contributed by atoms with Gasteiger partial charge in [-0.15, -0.1) is 0 Å². The lowest BCUT2D eigenvalue weighted by molar-refractivity contribution is -0.180. The summed E-state index contributed by atoms with van der Waals surface area (Å²) >= 11 is 0. The molecule has 0 bridgehead atoms. The van der Waals surface area contributed by atoms with Crippen LogP contribution in [0.3, 0.4) is 0 Å². The zero-order valence-electron chi connectivity index (χ0n) is 22.1. The fourth-order valence-electron chi connectivity index (χ4n) is 5.27. The van der Waals surface area contributed by atoms with Crippen molar-refractivity contribution in [1.29, 1.82) is 0 Å². The molecule has 2 aromatic rings. The second-order valence-electron chi connectivity index (χ2n) is 11.1. The fraction of sp³-hybridized carbons (Fsp3) is 0.731. The molecule has 1 unspecified atom stereocenters. The number of fused-ring (bicyclic) bond motifs is 1. The van der Waals surface area contributed by atoms with Gasteiger partial charge in [0.25, 0.3) is 0 Å². The molecule has 204 valence electrons. The molecule has 3 fully saturated rings. The number of anilines is 1. The summed E-state index contributed by atoms with van der Waals surface area (Å²) in [7, 11) is 0. The Morgan fingerprint density at radius 3 is 2.68 bits per heavy atom. The average Bonchev–Trinajstić information content (AvgIpc) is 3.22. The summed E-state index contributed by atoms with van der Waals surface area (Å²) < 4.78 is 24.9. The lowest BCUT2D eigenvalue weighted by atomic mass is 10.0. The summed E-state index contributed by atoms with van der Waals surface area (Å²) in [6, 6.07) is 2.02. The van der Waals surface area contributed by atoms with Crippen LogP contribution in [0, 0.1) is 0 Å². The van der Waals surface area contributed by atoms with E-state index in [1.807, 2.05) is 26.8 Å². The van der Waals surface area contributed by atoms with Crippen LogP contribution in [-0.4, -0.2) is 89.5 Å². The van der Waals surface area contributed by atoms with Crippen molar-refractivity contribution < 1.29 is 23.7 Å². The number of H-pyrrole nitrogens is 1. The number of nitrogens with one attached hydrogen (secondary N) is 1. The molecule has 2 aromatic heterocycles. The second-order valence-corrected chi connectivity index (χ2v) is 11.1. The topological polar surface area (TPSA) is 111 Å². The van der Waals surface area contributed by atoms with Gasteiger partial charge in [0.1, 0.15) is 5.60 Å². The van der Waals surface area contributed by atoms with Gasteiger partial charge in [0.2, 0.25) is 0 Å². The molecule has 0 aromatic carbocycles. The van der Waals surface area contributed by atoms with Gasteiger partial charge in [0.05, 0.1) is 36.7 Å². The van der Waals surface area contributed by atoms with E-state index in [1.165, 1.54) is 0 Å². The maximum atomic E-state index is 12.9. The van der Waals surface area contributed by atoms with Crippen LogP contribution in [0.5, 0.6) is 0 Å². The van der Waals surface area contributed by atoms with E-state index in [0.29, 0.717) is 51.3 Å². The van der Waals surface area contributed by atoms with E-state index < -0.39 is 5.60 Å². The van der Waals surface area contributed by atoms with Gasteiger partial charge in [-0.3, -0.25) is 9.55 Å². The van der Waals surface area contributed by atoms with Crippen molar-refractivity contribution in [2.45, 2.75) is 76.9 Å². The van der Waals surface area contributed by atoms with E-state index in [4.69, 9.17) is 18.9 Å². The van der Waals surface area contributed by atoms with Crippen LogP contribution in [0.25, 0.3) is 11.2 Å². The Bertz CT molecular complexity index is 1130. The summed E-state index contributed by atoms with van der Waals surface area (Å²) in [6.07, 6.45) is 5.82. The van der Waals surface area contributed by atoms with Crippen molar-refractivity contribution in [1.82, 2.24) is 19.4 Å². The van der Waals surface area contributed by atoms with E-state index in [9.17, 15) is 9.59 Å². The molecule has 2 atom stereocenters. The number of hydrogen-bond acceptors (Lipinski definition) is 8. The van der Waals surface area contributed by atoms with Gasteiger partial charge in [0.15, 0.2) is 11.9 Å². The molecule has 1 N–H and O–H groups in total. The maximum Gasteiger partial charge on any atom is 0.410 e. The summed E-state index contributed by atoms with van der Waals surface area (Å²) in [5, 5.41) is 0. The standard InChI is InChI=1S/C26H39N5O6/c1-26(2,3)37-25(33)29-9-7-18(8-10-29)31-21-14-19(15-27-23(21)28-24(31)32)30-11-13-34-20(16-30)17-36-22-6-4-5-12-35-22/h14-15,18,20,22H,4-13,16-17H2,1-3H3,(H,27,28,32)/t20-,22?/m1/s1. The summed E-state index contributed by atoms with van der Waals surface area (Å²) in [6.45, 7) is 9.95. The first-order valence-electron chi connectivity index (χ1n) is 13.4. The average molecular weight is 518 g/mol. The Kier molecular flexibility index (Phi) is 7.73. The number of nitrogens with zero attached hydrogens (tertiary/aromatic N) is 4. The first-order chi connectivity index (χ1) is 17.8. The van der Waals surface area contributed by atoms with Crippen LogP contribution in [0.15, 0.2) is 17.1 Å². The smallest absolute Gasteiger partial charge is 0.410 e. The molecule has 3 aliphatic rings. The fourth-order valence-corrected chi connectivity index (χ4v) is 5.27. The van der Waals surface area contributed by atoms with Gasteiger partial charge in [0, 0.05) is 38.8 Å². The SMILES string of the molecule is CC(C)(C)OC(=O)N1CCC(n2c(=O)[nH]c3ncc(N4CCO[C@@H](COC5CCCCO5)C4)cc32)CC1. The number of aromatic nitrogens is 3. The normalized spacial score (nSPS) is 24.0. The molecule has 1 amide bonds. The molecular formula is C26H39N5O6. The van der Waals surface area contributed by atoms with Gasteiger partial charge in [-0.1, -0.05) is 0 Å². The zero-order chi connectivity index (χ0) is 26.0. The Labute approximate surface area is 217 Å². The van der Waals surface area contributed by atoms with Gasteiger partial charge >= 0.3 is 11.8 Å². The second kappa shape index (κ2) is 11.0. The number of hydrogen-bond donors (Lipinski definition) is 1. The predicted molar refractivity (Wildman–Crippen MR) is 138 cm³/mol. The highest BCUT2D eigenvalue weighted by Gasteiger charge is 2.30. The third-order valence-electron chi connectivity index (χ3n) is 7.15.